The van der Waals surface area contributed by atoms with Crippen molar-refractivity contribution in [2.24, 2.45) is 0 Å². The van der Waals surface area contributed by atoms with Crippen LogP contribution < -0.4 is 0 Å². The van der Waals surface area contributed by atoms with Gasteiger partial charge in [0.15, 0.2) is 5.78 Å². The first-order chi connectivity index (χ1) is 7.68. The molecule has 0 saturated carbocycles. The maximum Gasteiger partial charge on any atom is 0.167 e. The minimum absolute atomic E-state index is 0.124. The Hall–Kier alpha value is -1.12. The van der Waals surface area contributed by atoms with Gasteiger partial charge in [0.05, 0.1) is 0 Å². The van der Waals surface area contributed by atoms with Crippen molar-refractivity contribution >= 4 is 28.7 Å². The summed E-state index contributed by atoms with van der Waals surface area (Å²) in [6.07, 6.45) is 0.449. The largest absolute Gasteiger partial charge is 0.294 e. The summed E-state index contributed by atoms with van der Waals surface area (Å²) in [7, 11) is 0. The van der Waals surface area contributed by atoms with E-state index in [1.165, 1.54) is 0 Å². The van der Waals surface area contributed by atoms with Crippen molar-refractivity contribution in [2.75, 3.05) is 0 Å². The van der Waals surface area contributed by atoms with Gasteiger partial charge >= 0.3 is 0 Å². The lowest BCUT2D eigenvalue weighted by molar-refractivity contribution is 0.0992. The Bertz CT molecular complexity index is 503. The zero-order valence-corrected chi connectivity index (χ0v) is 10.4. The van der Waals surface area contributed by atoms with Crippen LogP contribution in [0.1, 0.15) is 21.5 Å². The number of benzene rings is 1. The fourth-order valence-corrected chi connectivity index (χ4v) is 2.43. The van der Waals surface area contributed by atoms with E-state index in [1.807, 2.05) is 35.9 Å². The highest BCUT2D eigenvalue weighted by Crippen LogP contribution is 2.20. The summed E-state index contributed by atoms with van der Waals surface area (Å²) in [4.78, 5) is 12.0. The number of rotatable bonds is 3. The first-order valence-corrected chi connectivity index (χ1v) is 6.30. The number of ketones is 1. The summed E-state index contributed by atoms with van der Waals surface area (Å²) < 4.78 is 0. The average Bonchev–Trinajstić information content (AvgIpc) is 2.74. The number of thiophene rings is 1. The van der Waals surface area contributed by atoms with Crippen molar-refractivity contribution in [3.63, 3.8) is 0 Å². The lowest BCUT2D eigenvalue weighted by Gasteiger charge is -2.05. The van der Waals surface area contributed by atoms with Crippen LogP contribution in [-0.2, 0) is 6.42 Å². The Morgan fingerprint density at radius 2 is 2.19 bits per heavy atom. The Morgan fingerprint density at radius 3 is 2.88 bits per heavy atom. The highest BCUT2D eigenvalue weighted by Gasteiger charge is 2.11. The van der Waals surface area contributed by atoms with Crippen molar-refractivity contribution in [2.45, 2.75) is 13.3 Å². The minimum Gasteiger partial charge on any atom is -0.294 e. The fourth-order valence-electron chi connectivity index (χ4n) is 1.58. The fraction of sp³-hybridized carbons (Fsp3) is 0.154. The molecule has 0 unspecified atom stereocenters. The van der Waals surface area contributed by atoms with Crippen molar-refractivity contribution in [3.8, 4) is 0 Å². The molecule has 0 atom stereocenters. The van der Waals surface area contributed by atoms with Gasteiger partial charge in [-0.3, -0.25) is 4.79 Å². The molecule has 16 heavy (non-hydrogen) atoms. The predicted octanol–water partition coefficient (Wildman–Crippen LogP) is 4.14. The third kappa shape index (κ3) is 2.34. The standard InChI is InChI=1S/C13H11ClOS/c1-9-11(3-2-4-12(9)14)13(15)7-10-5-6-16-8-10/h2-6,8H,7H2,1H3. The first-order valence-electron chi connectivity index (χ1n) is 4.98. The molecule has 82 valence electrons. The van der Waals surface area contributed by atoms with Crippen LogP contribution in [0, 0.1) is 6.92 Å². The first kappa shape index (κ1) is 11.4. The van der Waals surface area contributed by atoms with E-state index in [1.54, 1.807) is 17.4 Å². The average molecular weight is 251 g/mol. The summed E-state index contributed by atoms with van der Waals surface area (Å²) in [6.45, 7) is 1.88. The monoisotopic (exact) mass is 250 g/mol. The van der Waals surface area contributed by atoms with Crippen LogP contribution in [0.4, 0.5) is 0 Å². The molecule has 0 saturated heterocycles. The van der Waals surface area contributed by atoms with Crippen molar-refractivity contribution < 1.29 is 4.79 Å². The van der Waals surface area contributed by atoms with Crippen LogP contribution in [0.3, 0.4) is 0 Å². The summed E-state index contributed by atoms with van der Waals surface area (Å²) in [5, 5.41) is 4.63. The lowest BCUT2D eigenvalue weighted by Crippen LogP contribution is -2.05. The highest BCUT2D eigenvalue weighted by molar-refractivity contribution is 7.08. The maximum absolute atomic E-state index is 12.0. The molecule has 0 aliphatic rings. The third-order valence-electron chi connectivity index (χ3n) is 2.51. The number of carbonyl (C=O) groups is 1. The molecular formula is C13H11ClOS. The topological polar surface area (TPSA) is 17.1 Å². The lowest BCUT2D eigenvalue weighted by atomic mass is 10.0. The van der Waals surface area contributed by atoms with Crippen LogP contribution in [0.5, 0.6) is 0 Å². The second kappa shape index (κ2) is 4.81. The van der Waals surface area contributed by atoms with Crippen LogP contribution in [0.15, 0.2) is 35.0 Å². The van der Waals surface area contributed by atoms with Crippen LogP contribution in [0.2, 0.25) is 5.02 Å². The number of hydrogen-bond donors (Lipinski definition) is 0. The SMILES string of the molecule is Cc1c(Cl)cccc1C(=O)Cc1ccsc1. The molecule has 0 spiro atoms. The molecule has 1 aromatic carbocycles. The van der Waals surface area contributed by atoms with E-state index in [4.69, 9.17) is 11.6 Å². The van der Waals surface area contributed by atoms with E-state index in [9.17, 15) is 4.79 Å². The van der Waals surface area contributed by atoms with E-state index < -0.39 is 0 Å². The molecule has 1 nitrogen and oxygen atoms in total. The van der Waals surface area contributed by atoms with Gasteiger partial charge < -0.3 is 0 Å². The van der Waals surface area contributed by atoms with E-state index >= 15 is 0 Å². The van der Waals surface area contributed by atoms with Crippen molar-refractivity contribution in [1.29, 1.82) is 0 Å². The van der Waals surface area contributed by atoms with E-state index in [0.717, 1.165) is 16.7 Å². The number of hydrogen-bond acceptors (Lipinski definition) is 2. The van der Waals surface area contributed by atoms with Crippen LogP contribution in [-0.4, -0.2) is 5.78 Å². The molecular weight excluding hydrogens is 240 g/mol. The second-order valence-corrected chi connectivity index (χ2v) is 4.83. The Labute approximate surface area is 104 Å². The normalized spacial score (nSPS) is 10.4. The molecule has 0 aliphatic heterocycles. The maximum atomic E-state index is 12.0. The summed E-state index contributed by atoms with van der Waals surface area (Å²) in [6, 6.07) is 7.42. The van der Waals surface area contributed by atoms with E-state index in [0.29, 0.717) is 11.4 Å². The molecule has 0 N–H and O–H groups in total. The number of carbonyl (C=O) groups excluding carboxylic acids is 1. The molecule has 0 fully saturated rings. The van der Waals surface area contributed by atoms with Gasteiger partial charge in [-0.15, -0.1) is 0 Å². The molecule has 0 amide bonds. The minimum atomic E-state index is 0.124. The van der Waals surface area contributed by atoms with Crippen LogP contribution in [0.25, 0.3) is 0 Å². The van der Waals surface area contributed by atoms with Gasteiger partial charge in [-0.05, 0) is 40.9 Å². The summed E-state index contributed by atoms with van der Waals surface area (Å²) in [5.74, 6) is 0.124. The smallest absolute Gasteiger partial charge is 0.167 e. The van der Waals surface area contributed by atoms with Gasteiger partial charge in [0.25, 0.3) is 0 Å². The van der Waals surface area contributed by atoms with Crippen LogP contribution >= 0.6 is 22.9 Å². The van der Waals surface area contributed by atoms with Gasteiger partial charge in [0.2, 0.25) is 0 Å². The zero-order chi connectivity index (χ0) is 11.5. The van der Waals surface area contributed by atoms with Crippen molar-refractivity contribution in [1.82, 2.24) is 0 Å². The number of Topliss-reactive ketones (excluding diaryl/α,β-unsaturated/α-hetero) is 1. The Kier molecular flexibility index (Phi) is 3.42. The van der Waals surface area contributed by atoms with Gasteiger partial charge in [-0.1, -0.05) is 23.7 Å². The second-order valence-electron chi connectivity index (χ2n) is 3.64. The Morgan fingerprint density at radius 1 is 1.38 bits per heavy atom. The quantitative estimate of drug-likeness (QED) is 0.749. The molecule has 1 heterocycles. The van der Waals surface area contributed by atoms with Gasteiger partial charge in [-0.25, -0.2) is 0 Å². The van der Waals surface area contributed by atoms with Gasteiger partial charge in [0.1, 0.15) is 0 Å². The van der Waals surface area contributed by atoms with E-state index in [2.05, 4.69) is 0 Å². The molecule has 2 rings (SSSR count). The molecule has 0 aliphatic carbocycles. The van der Waals surface area contributed by atoms with Gasteiger partial charge in [-0.2, -0.15) is 11.3 Å². The van der Waals surface area contributed by atoms with Crippen molar-refractivity contribution in [3.05, 3.63) is 56.7 Å². The summed E-state index contributed by atoms with van der Waals surface area (Å²) >= 11 is 7.60. The zero-order valence-electron chi connectivity index (χ0n) is 8.87. The molecule has 3 heteroatoms. The summed E-state index contributed by atoms with van der Waals surface area (Å²) in [5.41, 5.74) is 2.65. The predicted molar refractivity (Wildman–Crippen MR) is 68.5 cm³/mol. The third-order valence-corrected chi connectivity index (χ3v) is 3.65. The Balaban J connectivity index is 2.24. The molecule has 0 bridgehead atoms. The molecule has 2 aromatic rings. The molecule has 0 radical (unpaired) electrons. The molecule has 1 aromatic heterocycles. The van der Waals surface area contributed by atoms with E-state index in [-0.39, 0.29) is 5.78 Å². The highest BCUT2D eigenvalue weighted by atomic mass is 35.5. The number of halogens is 1. The van der Waals surface area contributed by atoms with Gasteiger partial charge in [0, 0.05) is 17.0 Å².